The Morgan fingerprint density at radius 2 is 0.922 bits per heavy atom. The van der Waals surface area contributed by atoms with Gasteiger partial charge < -0.3 is 18.9 Å². The highest BCUT2D eigenvalue weighted by molar-refractivity contribution is 5.73. The van der Waals surface area contributed by atoms with Crippen LogP contribution in [0.15, 0.2) is 18.2 Å². The summed E-state index contributed by atoms with van der Waals surface area (Å²) in [5, 5.41) is 11.8. The number of ether oxygens (including phenoxy) is 4. The number of hydrogen-bond acceptors (Lipinski definition) is 13. The lowest BCUT2D eigenvalue weighted by Gasteiger charge is -2.34. The van der Waals surface area contributed by atoms with Gasteiger partial charge in [-0.3, -0.25) is 44.1 Å². The van der Waals surface area contributed by atoms with Gasteiger partial charge in [-0.2, -0.15) is 0 Å². The van der Waals surface area contributed by atoms with E-state index >= 15 is 0 Å². The molecule has 0 aromatic heterocycles. The monoisotopic (exact) mass is 721 g/mol. The maximum Gasteiger partial charge on any atom is 0.320 e. The molecular formula is C37H63N5O9. The lowest BCUT2D eigenvalue weighted by Crippen LogP contribution is -2.49. The summed E-state index contributed by atoms with van der Waals surface area (Å²) < 4.78 is 23.2. The van der Waals surface area contributed by atoms with Crippen molar-refractivity contribution in [3.63, 3.8) is 0 Å². The first kappa shape index (κ1) is 43.8. The maximum absolute atomic E-state index is 13.0. The first-order chi connectivity index (χ1) is 23.3. The van der Waals surface area contributed by atoms with Gasteiger partial charge >= 0.3 is 17.9 Å². The summed E-state index contributed by atoms with van der Waals surface area (Å²) in [5.74, 6) is -0.526. The number of esters is 3. The number of nitro benzene ring substituents is 1. The van der Waals surface area contributed by atoms with Crippen LogP contribution in [-0.4, -0.2) is 137 Å². The molecule has 0 unspecified atom stereocenters. The van der Waals surface area contributed by atoms with Crippen LogP contribution in [0.2, 0.25) is 0 Å². The van der Waals surface area contributed by atoms with Crippen molar-refractivity contribution < 1.29 is 38.3 Å². The predicted octanol–water partition coefficient (Wildman–Crippen LogP) is 4.52. The van der Waals surface area contributed by atoms with Crippen LogP contribution in [0.4, 0.5) is 5.69 Å². The van der Waals surface area contributed by atoms with Crippen LogP contribution < -0.4 is 4.74 Å². The molecule has 1 aromatic carbocycles. The van der Waals surface area contributed by atoms with Crippen LogP contribution in [0.1, 0.15) is 88.6 Å². The molecule has 1 fully saturated rings. The Hall–Kier alpha value is -3.33. The van der Waals surface area contributed by atoms with E-state index in [1.54, 1.807) is 12.1 Å². The molecule has 14 heteroatoms. The number of rotatable bonds is 10. The first-order valence-electron chi connectivity index (χ1n) is 17.8. The fourth-order valence-electron chi connectivity index (χ4n) is 5.35. The summed E-state index contributed by atoms with van der Waals surface area (Å²) in [4.78, 5) is 58.5. The summed E-state index contributed by atoms with van der Waals surface area (Å²) in [7, 11) is 0. The molecule has 1 heterocycles. The van der Waals surface area contributed by atoms with Gasteiger partial charge in [-0.1, -0.05) is 0 Å². The largest absolute Gasteiger partial charge is 0.488 e. The molecular weight excluding hydrogens is 658 g/mol. The van der Waals surface area contributed by atoms with E-state index in [-0.39, 0.29) is 43.2 Å². The highest BCUT2D eigenvalue weighted by Gasteiger charge is 2.27. The highest BCUT2D eigenvalue weighted by atomic mass is 16.6. The van der Waals surface area contributed by atoms with Crippen molar-refractivity contribution >= 4 is 23.6 Å². The summed E-state index contributed by atoms with van der Waals surface area (Å²) in [6.45, 7) is 26.4. The third-order valence-electron chi connectivity index (χ3n) is 7.31. The van der Waals surface area contributed by atoms with Gasteiger partial charge in [-0.25, -0.2) is 0 Å². The fraction of sp³-hybridized carbons (Fsp3) is 0.757. The second-order valence-corrected chi connectivity index (χ2v) is 17.1. The lowest BCUT2D eigenvalue weighted by molar-refractivity contribution is -0.385. The van der Waals surface area contributed by atoms with Crippen molar-refractivity contribution in [2.75, 3.05) is 72.0 Å². The maximum atomic E-state index is 13.0. The van der Waals surface area contributed by atoms with Crippen molar-refractivity contribution in [3.05, 3.63) is 33.9 Å². The Labute approximate surface area is 304 Å². The average molecular weight is 722 g/mol. The van der Waals surface area contributed by atoms with E-state index in [2.05, 4.69) is 4.90 Å². The van der Waals surface area contributed by atoms with Gasteiger partial charge in [0.1, 0.15) is 28.2 Å². The minimum atomic E-state index is -0.651. The summed E-state index contributed by atoms with van der Waals surface area (Å²) in [5.41, 5.74) is -1.86. The van der Waals surface area contributed by atoms with Gasteiger partial charge in [0.25, 0.3) is 5.69 Å². The molecule has 1 aliphatic rings. The minimum absolute atomic E-state index is 0.0382. The molecule has 2 rings (SSSR count). The van der Waals surface area contributed by atoms with Gasteiger partial charge in [-0.05, 0) is 89.2 Å². The highest BCUT2D eigenvalue weighted by Crippen LogP contribution is 2.29. The molecule has 0 N–H and O–H groups in total. The van der Waals surface area contributed by atoms with Crippen molar-refractivity contribution in [2.24, 2.45) is 0 Å². The fourth-order valence-corrected chi connectivity index (χ4v) is 5.35. The number of carbonyl (C=O) groups excluding carboxylic acids is 3. The second kappa shape index (κ2) is 18.4. The van der Waals surface area contributed by atoms with E-state index in [0.29, 0.717) is 70.2 Å². The van der Waals surface area contributed by atoms with Gasteiger partial charge in [-0.15, -0.1) is 0 Å². The molecule has 0 radical (unpaired) electrons. The van der Waals surface area contributed by atoms with E-state index in [4.69, 9.17) is 18.9 Å². The van der Waals surface area contributed by atoms with Crippen LogP contribution in [0.25, 0.3) is 0 Å². The SMILES string of the molecule is CC(C)(C)OC(=O)CN1CCN(CC(=O)OC(C)(C)C)CCN(Cc2cc([N+](=O)[O-])ccc2OC(C)(C)C)CCN(CC(=O)OC(C)(C)C)CC1. The topological polar surface area (TPSA) is 144 Å². The van der Waals surface area contributed by atoms with E-state index in [1.165, 1.54) is 6.07 Å². The van der Waals surface area contributed by atoms with Crippen molar-refractivity contribution in [2.45, 2.75) is 112 Å². The molecule has 1 saturated heterocycles. The number of nitro groups is 1. The number of carbonyl (C=O) groups is 3. The normalized spacial score (nSPS) is 17.2. The van der Waals surface area contributed by atoms with E-state index in [1.807, 2.05) is 97.8 Å². The smallest absolute Gasteiger partial charge is 0.320 e. The standard InChI is InChI=1S/C37H63N5O9/c1-34(2,3)48-30-14-13-29(42(46)47)23-28(30)24-38-15-17-39(25-31(43)49-35(4,5)6)19-21-41(27-33(45)51-37(10,11)12)22-20-40(18-16-38)26-32(44)50-36(7,8)9/h13-14,23H,15-22,24-27H2,1-12H3. The second-order valence-electron chi connectivity index (χ2n) is 17.1. The molecule has 0 spiro atoms. The zero-order chi connectivity index (χ0) is 38.8. The van der Waals surface area contributed by atoms with Crippen LogP contribution in [0, 0.1) is 10.1 Å². The number of non-ortho nitro benzene ring substituents is 1. The van der Waals surface area contributed by atoms with Crippen molar-refractivity contribution in [1.29, 1.82) is 0 Å². The number of hydrogen-bond donors (Lipinski definition) is 0. The van der Waals surface area contributed by atoms with E-state index < -0.39 is 27.3 Å². The zero-order valence-electron chi connectivity index (χ0n) is 33.1. The van der Waals surface area contributed by atoms with E-state index in [9.17, 15) is 24.5 Å². The average Bonchev–Trinajstić information content (AvgIpc) is 2.91. The lowest BCUT2D eigenvalue weighted by atomic mass is 10.1. The van der Waals surface area contributed by atoms with Gasteiger partial charge in [0.15, 0.2) is 0 Å². The van der Waals surface area contributed by atoms with Crippen LogP contribution in [-0.2, 0) is 35.1 Å². The Morgan fingerprint density at radius 3 is 1.22 bits per heavy atom. The Kier molecular flexibility index (Phi) is 15.8. The number of nitrogens with zero attached hydrogens (tertiary/aromatic N) is 5. The third kappa shape index (κ3) is 19.2. The van der Waals surface area contributed by atoms with E-state index in [0.717, 1.165) is 0 Å². The van der Waals surface area contributed by atoms with Gasteiger partial charge in [0.2, 0.25) is 0 Å². The number of benzene rings is 1. The summed E-state index contributed by atoms with van der Waals surface area (Å²) in [6.07, 6.45) is 0. The third-order valence-corrected chi connectivity index (χ3v) is 7.31. The van der Waals surface area contributed by atoms with Gasteiger partial charge in [0, 0.05) is 76.6 Å². The molecule has 14 nitrogen and oxygen atoms in total. The molecule has 1 aliphatic heterocycles. The molecule has 51 heavy (non-hydrogen) atoms. The molecule has 0 bridgehead atoms. The predicted molar refractivity (Wildman–Crippen MR) is 196 cm³/mol. The molecule has 0 aliphatic carbocycles. The summed E-state index contributed by atoms with van der Waals surface area (Å²) in [6, 6.07) is 4.62. The van der Waals surface area contributed by atoms with Crippen molar-refractivity contribution in [1.82, 2.24) is 19.6 Å². The van der Waals surface area contributed by atoms with Crippen LogP contribution in [0.5, 0.6) is 5.75 Å². The quantitative estimate of drug-likeness (QED) is 0.145. The molecule has 290 valence electrons. The molecule has 0 amide bonds. The van der Waals surface area contributed by atoms with Crippen LogP contribution in [0.3, 0.4) is 0 Å². The van der Waals surface area contributed by atoms with Crippen molar-refractivity contribution in [3.8, 4) is 5.75 Å². The van der Waals surface area contributed by atoms with Gasteiger partial charge in [0.05, 0.1) is 24.6 Å². The Morgan fingerprint density at radius 1 is 0.588 bits per heavy atom. The van der Waals surface area contributed by atoms with Crippen LogP contribution >= 0.6 is 0 Å². The molecule has 0 saturated carbocycles. The summed E-state index contributed by atoms with van der Waals surface area (Å²) >= 11 is 0. The molecule has 0 atom stereocenters. The molecule has 1 aromatic rings. The Balaban J connectivity index is 2.47. The minimum Gasteiger partial charge on any atom is -0.488 e. The first-order valence-corrected chi connectivity index (χ1v) is 17.8. The zero-order valence-corrected chi connectivity index (χ0v) is 33.1. The Bertz CT molecular complexity index is 1280.